The number of benzene rings is 4. The number of hydrogen-bond donors (Lipinski definition) is 1. The van der Waals surface area contributed by atoms with Crippen LogP contribution in [0, 0.1) is 0 Å². The Balaban J connectivity index is 1.37. The Morgan fingerprint density at radius 2 is 1.57 bits per heavy atom. The zero-order chi connectivity index (χ0) is 34.8. The van der Waals surface area contributed by atoms with E-state index in [1.54, 1.807) is 37.4 Å². The highest BCUT2D eigenvalue weighted by atomic mass is 35.5. The number of nitrogens with one attached hydrogen (secondary N) is 1. The van der Waals surface area contributed by atoms with Crippen LogP contribution in [0.5, 0.6) is 11.5 Å². The first-order valence-corrected chi connectivity index (χ1v) is 17.8. The summed E-state index contributed by atoms with van der Waals surface area (Å²) in [7, 11) is -2.12. The van der Waals surface area contributed by atoms with Crippen LogP contribution in [0.4, 0.5) is 0 Å². The number of sulfonamides is 1. The van der Waals surface area contributed by atoms with E-state index in [4.69, 9.17) is 37.4 Å². The maximum atomic E-state index is 14.0. The molecule has 0 aromatic heterocycles. The molecule has 2 amide bonds. The van der Waals surface area contributed by atoms with Gasteiger partial charge in [0.25, 0.3) is 5.91 Å². The smallest absolute Gasteiger partial charge is 0.261 e. The second kappa shape index (κ2) is 17.0. The third kappa shape index (κ3) is 9.74. The van der Waals surface area contributed by atoms with Gasteiger partial charge in [0.15, 0.2) is 6.61 Å². The highest BCUT2D eigenvalue weighted by Gasteiger charge is 2.31. The van der Waals surface area contributed by atoms with Crippen LogP contribution in [0.15, 0.2) is 102 Å². The van der Waals surface area contributed by atoms with Crippen LogP contribution in [0.1, 0.15) is 16.7 Å². The Labute approximate surface area is 296 Å². The highest BCUT2D eigenvalue weighted by Crippen LogP contribution is 2.23. The molecule has 0 aliphatic carbocycles. The molecule has 1 N–H and O–H groups in total. The Hall–Kier alpha value is -4.13. The summed E-state index contributed by atoms with van der Waals surface area (Å²) in [6, 6.07) is 26.7. The molecule has 1 atom stereocenters. The number of nitrogens with zero attached hydrogens (tertiary/aromatic N) is 2. The maximum Gasteiger partial charge on any atom is 0.261 e. The number of carbonyl (C=O) groups is 2. The normalized spacial score (nSPS) is 14.1. The summed E-state index contributed by atoms with van der Waals surface area (Å²) in [6.45, 7) is 1.08. The van der Waals surface area contributed by atoms with Crippen molar-refractivity contribution in [1.29, 1.82) is 0 Å². The van der Waals surface area contributed by atoms with Gasteiger partial charge in [-0.2, -0.15) is 4.31 Å². The van der Waals surface area contributed by atoms with Gasteiger partial charge in [0.1, 0.15) is 17.5 Å². The molecule has 0 bridgehead atoms. The van der Waals surface area contributed by atoms with Crippen molar-refractivity contribution >= 4 is 45.0 Å². The third-order valence-corrected chi connectivity index (χ3v) is 10.5. The summed E-state index contributed by atoms with van der Waals surface area (Å²) in [6.07, 6.45) is 0.233. The number of carbonyl (C=O) groups excluding carboxylic acids is 2. The van der Waals surface area contributed by atoms with Crippen LogP contribution >= 0.6 is 23.2 Å². The lowest BCUT2D eigenvalue weighted by Gasteiger charge is -2.31. The first kappa shape index (κ1) is 36.2. The fourth-order valence-corrected chi connectivity index (χ4v) is 7.20. The topological polar surface area (TPSA) is 114 Å². The molecule has 1 saturated heterocycles. The average molecular weight is 727 g/mol. The molecule has 1 aliphatic heterocycles. The van der Waals surface area contributed by atoms with E-state index in [2.05, 4.69) is 5.32 Å². The molecule has 0 saturated carbocycles. The summed E-state index contributed by atoms with van der Waals surface area (Å²) in [5.41, 5.74) is 2.31. The van der Waals surface area contributed by atoms with Crippen LogP contribution in [0.25, 0.3) is 0 Å². The second-order valence-corrected chi connectivity index (χ2v) is 14.1. The molecule has 49 heavy (non-hydrogen) atoms. The lowest BCUT2D eigenvalue weighted by molar-refractivity contribution is -0.142. The van der Waals surface area contributed by atoms with Gasteiger partial charge in [-0.1, -0.05) is 71.7 Å². The molecule has 1 aliphatic rings. The monoisotopic (exact) mass is 725 g/mol. The first-order valence-electron chi connectivity index (χ1n) is 15.6. The third-order valence-electron chi connectivity index (χ3n) is 8.05. The van der Waals surface area contributed by atoms with Gasteiger partial charge >= 0.3 is 0 Å². The van der Waals surface area contributed by atoms with Crippen LogP contribution in [0.2, 0.25) is 10.0 Å². The molecule has 10 nitrogen and oxygen atoms in total. The van der Waals surface area contributed by atoms with E-state index in [-0.39, 0.29) is 43.4 Å². The number of amides is 2. The molecule has 0 radical (unpaired) electrons. The molecular weight excluding hydrogens is 689 g/mol. The van der Waals surface area contributed by atoms with Crippen LogP contribution in [-0.2, 0) is 43.9 Å². The van der Waals surface area contributed by atoms with Gasteiger partial charge in [-0.15, -0.1) is 0 Å². The standard InChI is InChI=1S/C36H37Cl2N3O7S/c1-46-30-11-7-27(8-12-30)24-41(35(42)25-48-31-13-15-32(16-14-31)49(44,45)40-17-19-47-20-18-40)34(21-26-5-3-2-4-6-26)36(43)39-23-28-9-10-29(37)22-33(28)38/h2-16,22,34H,17-21,23-25H2,1H3,(H,39,43)/t34-/m1/s1. The predicted octanol–water partition coefficient (Wildman–Crippen LogP) is 5.36. The second-order valence-electron chi connectivity index (χ2n) is 11.3. The highest BCUT2D eigenvalue weighted by molar-refractivity contribution is 7.89. The Bertz CT molecular complexity index is 1820. The molecular formula is C36H37Cl2N3O7S. The first-order chi connectivity index (χ1) is 23.6. The fraction of sp³-hybridized carbons (Fsp3) is 0.278. The number of rotatable bonds is 14. The van der Waals surface area contributed by atoms with Gasteiger partial charge < -0.3 is 24.4 Å². The quantitative estimate of drug-likeness (QED) is 0.186. The predicted molar refractivity (Wildman–Crippen MR) is 187 cm³/mol. The van der Waals surface area contributed by atoms with Crippen molar-refractivity contribution in [3.8, 4) is 11.5 Å². The van der Waals surface area contributed by atoms with Crippen molar-refractivity contribution in [2.45, 2.75) is 30.4 Å². The molecule has 5 rings (SSSR count). The number of ether oxygens (including phenoxy) is 3. The van der Waals surface area contributed by atoms with E-state index in [1.807, 2.05) is 42.5 Å². The SMILES string of the molecule is COc1ccc(CN(C(=O)COc2ccc(S(=O)(=O)N3CCOCC3)cc2)[C@H](Cc2ccccc2)C(=O)NCc2ccc(Cl)cc2Cl)cc1. The van der Waals surface area contributed by atoms with Crippen molar-refractivity contribution in [3.63, 3.8) is 0 Å². The fourth-order valence-electron chi connectivity index (χ4n) is 5.32. The van der Waals surface area contributed by atoms with Gasteiger partial charge in [-0.3, -0.25) is 9.59 Å². The average Bonchev–Trinajstić information content (AvgIpc) is 3.12. The van der Waals surface area contributed by atoms with Gasteiger partial charge in [0.05, 0.1) is 25.2 Å². The van der Waals surface area contributed by atoms with E-state index in [0.717, 1.165) is 11.1 Å². The molecule has 1 fully saturated rings. The minimum absolute atomic E-state index is 0.107. The van der Waals surface area contributed by atoms with Gasteiger partial charge in [0.2, 0.25) is 15.9 Å². The van der Waals surface area contributed by atoms with Crippen LogP contribution in [0.3, 0.4) is 0 Å². The molecule has 0 spiro atoms. The summed E-state index contributed by atoms with van der Waals surface area (Å²) in [4.78, 5) is 29.6. The van der Waals surface area contributed by atoms with Gasteiger partial charge in [0, 0.05) is 42.6 Å². The number of methoxy groups -OCH3 is 1. The van der Waals surface area contributed by atoms with Gasteiger partial charge in [-0.05, 0) is 65.2 Å². The number of morpholine rings is 1. The lowest BCUT2D eigenvalue weighted by Crippen LogP contribution is -2.51. The maximum absolute atomic E-state index is 14.0. The van der Waals surface area contributed by atoms with Crippen molar-refractivity contribution < 1.29 is 32.2 Å². The molecule has 0 unspecified atom stereocenters. The molecule has 4 aromatic rings. The minimum atomic E-state index is -3.69. The summed E-state index contributed by atoms with van der Waals surface area (Å²) >= 11 is 12.4. The Morgan fingerprint density at radius 3 is 2.22 bits per heavy atom. The van der Waals surface area contributed by atoms with Crippen molar-refractivity contribution in [2.24, 2.45) is 0 Å². The zero-order valence-electron chi connectivity index (χ0n) is 26.9. The van der Waals surface area contributed by atoms with Crippen molar-refractivity contribution in [1.82, 2.24) is 14.5 Å². The Morgan fingerprint density at radius 1 is 0.898 bits per heavy atom. The summed E-state index contributed by atoms with van der Waals surface area (Å²) in [5.74, 6) is 0.137. The number of halogens is 2. The van der Waals surface area contributed by atoms with Crippen LogP contribution in [-0.4, -0.2) is 75.5 Å². The van der Waals surface area contributed by atoms with Gasteiger partial charge in [-0.25, -0.2) is 8.42 Å². The lowest BCUT2D eigenvalue weighted by atomic mass is 10.0. The van der Waals surface area contributed by atoms with Crippen molar-refractivity contribution in [2.75, 3.05) is 40.0 Å². The van der Waals surface area contributed by atoms with E-state index >= 15 is 0 Å². The molecule has 4 aromatic carbocycles. The van der Waals surface area contributed by atoms with E-state index in [0.29, 0.717) is 40.3 Å². The molecule has 1 heterocycles. The number of hydrogen-bond acceptors (Lipinski definition) is 7. The summed E-state index contributed by atoms with van der Waals surface area (Å²) < 4.78 is 43.9. The zero-order valence-corrected chi connectivity index (χ0v) is 29.2. The largest absolute Gasteiger partial charge is 0.497 e. The molecule has 258 valence electrons. The van der Waals surface area contributed by atoms with Crippen LogP contribution < -0.4 is 14.8 Å². The van der Waals surface area contributed by atoms with E-state index in [1.165, 1.54) is 33.5 Å². The van der Waals surface area contributed by atoms with Crippen molar-refractivity contribution in [3.05, 3.63) is 124 Å². The summed E-state index contributed by atoms with van der Waals surface area (Å²) in [5, 5.41) is 3.84. The minimum Gasteiger partial charge on any atom is -0.497 e. The Kier molecular flexibility index (Phi) is 12.5. The van der Waals surface area contributed by atoms with E-state index < -0.39 is 28.6 Å². The molecule has 13 heteroatoms. The van der Waals surface area contributed by atoms with E-state index in [9.17, 15) is 18.0 Å².